The molecule has 0 saturated heterocycles. The zero-order chi connectivity index (χ0) is 16.4. The van der Waals surface area contributed by atoms with Gasteiger partial charge in [-0.25, -0.2) is 24.1 Å². The summed E-state index contributed by atoms with van der Waals surface area (Å²) in [5.74, 6) is -0.0110. The number of aromatic nitrogens is 3. The molecule has 0 aliphatic heterocycles. The van der Waals surface area contributed by atoms with Crippen molar-refractivity contribution < 1.29 is 13.9 Å². The third-order valence-electron chi connectivity index (χ3n) is 2.98. The van der Waals surface area contributed by atoms with Gasteiger partial charge >= 0.3 is 5.97 Å². The van der Waals surface area contributed by atoms with Crippen LogP contribution < -0.4 is 5.32 Å². The standard InChI is InChI=1S/C15H13FN4O2S/c1-3-22-14(21)10-7-17-8(2)18-13(10)20-15-19-11-5-4-9(16)6-12(11)23-15/h4-7H,3H2,1-2H3,(H,17,18,19,20). The number of carbonyl (C=O) groups excluding carboxylic acids is 1. The number of nitrogens with zero attached hydrogens (tertiary/aromatic N) is 3. The van der Waals surface area contributed by atoms with Gasteiger partial charge in [0.1, 0.15) is 17.2 Å². The van der Waals surface area contributed by atoms with E-state index in [1.807, 2.05) is 0 Å². The average Bonchev–Trinajstić information content (AvgIpc) is 2.88. The van der Waals surface area contributed by atoms with Crippen molar-refractivity contribution in [2.24, 2.45) is 0 Å². The molecule has 2 aromatic heterocycles. The molecule has 6 nitrogen and oxygen atoms in total. The van der Waals surface area contributed by atoms with Gasteiger partial charge in [0.2, 0.25) is 0 Å². The van der Waals surface area contributed by atoms with Crippen LogP contribution in [0, 0.1) is 12.7 Å². The Balaban J connectivity index is 1.97. The number of aryl methyl sites for hydroxylation is 1. The Bertz CT molecular complexity index is 881. The highest BCUT2D eigenvalue weighted by atomic mass is 32.1. The summed E-state index contributed by atoms with van der Waals surface area (Å²) in [6.07, 6.45) is 1.41. The Morgan fingerprint density at radius 2 is 2.22 bits per heavy atom. The second-order valence-corrected chi connectivity index (χ2v) is 5.69. The molecule has 0 fully saturated rings. The SMILES string of the molecule is CCOC(=O)c1cnc(C)nc1Nc1nc2ccc(F)cc2s1. The van der Waals surface area contributed by atoms with E-state index in [1.54, 1.807) is 19.9 Å². The van der Waals surface area contributed by atoms with Gasteiger partial charge in [-0.05, 0) is 32.0 Å². The molecule has 3 rings (SSSR count). The van der Waals surface area contributed by atoms with Gasteiger partial charge in [0.05, 0.1) is 16.8 Å². The van der Waals surface area contributed by atoms with E-state index in [0.717, 1.165) is 0 Å². The van der Waals surface area contributed by atoms with E-state index in [9.17, 15) is 9.18 Å². The van der Waals surface area contributed by atoms with Gasteiger partial charge in [-0.2, -0.15) is 0 Å². The fraction of sp³-hybridized carbons (Fsp3) is 0.200. The summed E-state index contributed by atoms with van der Waals surface area (Å²) in [6.45, 7) is 3.70. The quantitative estimate of drug-likeness (QED) is 0.737. The molecule has 0 radical (unpaired) electrons. The lowest BCUT2D eigenvalue weighted by Gasteiger charge is -2.08. The smallest absolute Gasteiger partial charge is 0.343 e. The first-order valence-electron chi connectivity index (χ1n) is 6.90. The van der Waals surface area contributed by atoms with Gasteiger partial charge in [-0.15, -0.1) is 0 Å². The minimum atomic E-state index is -0.512. The van der Waals surface area contributed by atoms with Gasteiger partial charge in [-0.1, -0.05) is 11.3 Å². The molecule has 0 amide bonds. The van der Waals surface area contributed by atoms with Gasteiger partial charge in [0, 0.05) is 6.20 Å². The van der Waals surface area contributed by atoms with Crippen LogP contribution in [0.2, 0.25) is 0 Å². The Hall–Kier alpha value is -2.61. The molecule has 1 N–H and O–H groups in total. The van der Waals surface area contributed by atoms with Crippen molar-refractivity contribution in [3.8, 4) is 0 Å². The Labute approximate surface area is 135 Å². The summed E-state index contributed by atoms with van der Waals surface area (Å²) < 4.78 is 19.0. The molecule has 0 unspecified atom stereocenters. The largest absolute Gasteiger partial charge is 0.462 e. The minimum absolute atomic E-state index is 0.225. The van der Waals surface area contributed by atoms with E-state index >= 15 is 0 Å². The second kappa shape index (κ2) is 6.25. The summed E-state index contributed by atoms with van der Waals surface area (Å²) >= 11 is 1.27. The number of anilines is 2. The molecule has 118 valence electrons. The van der Waals surface area contributed by atoms with Crippen molar-refractivity contribution in [1.82, 2.24) is 15.0 Å². The van der Waals surface area contributed by atoms with E-state index in [0.29, 0.717) is 27.0 Å². The predicted molar refractivity (Wildman–Crippen MR) is 85.6 cm³/mol. The first-order chi connectivity index (χ1) is 11.1. The van der Waals surface area contributed by atoms with Crippen molar-refractivity contribution in [1.29, 1.82) is 0 Å². The highest BCUT2D eigenvalue weighted by Gasteiger charge is 2.16. The highest BCUT2D eigenvalue weighted by Crippen LogP contribution is 2.29. The van der Waals surface area contributed by atoms with Crippen LogP contribution in [0.1, 0.15) is 23.1 Å². The van der Waals surface area contributed by atoms with E-state index in [1.165, 1.54) is 29.7 Å². The van der Waals surface area contributed by atoms with Crippen LogP contribution >= 0.6 is 11.3 Å². The van der Waals surface area contributed by atoms with E-state index < -0.39 is 5.97 Å². The molecule has 0 saturated carbocycles. The summed E-state index contributed by atoms with van der Waals surface area (Å²) in [5.41, 5.74) is 0.894. The normalized spacial score (nSPS) is 10.7. The number of esters is 1. The number of ether oxygens (including phenoxy) is 1. The fourth-order valence-electron chi connectivity index (χ4n) is 1.98. The summed E-state index contributed by atoms with van der Waals surface area (Å²) in [7, 11) is 0. The van der Waals surface area contributed by atoms with E-state index in [2.05, 4.69) is 20.3 Å². The summed E-state index contributed by atoms with van der Waals surface area (Å²) in [6, 6.07) is 4.37. The molecule has 1 aromatic carbocycles. The van der Waals surface area contributed by atoms with Gasteiger partial charge in [0.15, 0.2) is 10.9 Å². The third-order valence-corrected chi connectivity index (χ3v) is 3.91. The molecule has 0 bridgehead atoms. The lowest BCUT2D eigenvalue weighted by molar-refractivity contribution is 0.0526. The van der Waals surface area contributed by atoms with E-state index in [4.69, 9.17) is 4.74 Å². The lowest BCUT2D eigenvalue weighted by atomic mass is 10.3. The molecular weight excluding hydrogens is 319 g/mol. The number of thiazole rings is 1. The molecule has 3 aromatic rings. The first-order valence-corrected chi connectivity index (χ1v) is 7.72. The molecule has 0 aliphatic rings. The molecular formula is C15H13FN4O2S. The molecule has 0 spiro atoms. The number of benzene rings is 1. The summed E-state index contributed by atoms with van der Waals surface area (Å²) in [5, 5.41) is 3.50. The zero-order valence-corrected chi connectivity index (χ0v) is 13.3. The maximum Gasteiger partial charge on any atom is 0.343 e. The first kappa shape index (κ1) is 15.3. The van der Waals surface area contributed by atoms with Crippen molar-refractivity contribution in [3.63, 3.8) is 0 Å². The van der Waals surface area contributed by atoms with Crippen LogP contribution in [-0.2, 0) is 4.74 Å². The van der Waals surface area contributed by atoms with Crippen LogP contribution in [-0.4, -0.2) is 27.5 Å². The molecule has 0 aliphatic carbocycles. The predicted octanol–water partition coefficient (Wildman–Crippen LogP) is 3.45. The molecule has 0 atom stereocenters. The van der Waals surface area contributed by atoms with E-state index in [-0.39, 0.29) is 18.0 Å². The Morgan fingerprint density at radius 3 is 3.00 bits per heavy atom. The van der Waals surface area contributed by atoms with Crippen molar-refractivity contribution >= 4 is 38.5 Å². The molecule has 2 heterocycles. The third kappa shape index (κ3) is 3.26. The number of halogens is 1. The molecule has 8 heteroatoms. The summed E-state index contributed by atoms with van der Waals surface area (Å²) in [4.78, 5) is 24.6. The maximum absolute atomic E-state index is 13.3. The van der Waals surface area contributed by atoms with Crippen LogP contribution in [0.15, 0.2) is 24.4 Å². The monoisotopic (exact) mass is 332 g/mol. The zero-order valence-electron chi connectivity index (χ0n) is 12.5. The maximum atomic E-state index is 13.3. The fourth-order valence-corrected chi connectivity index (χ4v) is 2.87. The number of nitrogens with one attached hydrogen (secondary N) is 1. The van der Waals surface area contributed by atoms with Crippen LogP contribution in [0.5, 0.6) is 0 Å². The Kier molecular flexibility index (Phi) is 4.16. The number of hydrogen-bond acceptors (Lipinski definition) is 7. The topological polar surface area (TPSA) is 77.0 Å². The number of carbonyl (C=O) groups is 1. The number of rotatable bonds is 4. The second-order valence-electron chi connectivity index (χ2n) is 4.66. The van der Waals surface area contributed by atoms with Crippen molar-refractivity contribution in [2.45, 2.75) is 13.8 Å². The molecule has 23 heavy (non-hydrogen) atoms. The van der Waals surface area contributed by atoms with Crippen LogP contribution in [0.4, 0.5) is 15.3 Å². The minimum Gasteiger partial charge on any atom is -0.462 e. The van der Waals surface area contributed by atoms with Crippen LogP contribution in [0.3, 0.4) is 0 Å². The number of hydrogen-bond donors (Lipinski definition) is 1. The van der Waals surface area contributed by atoms with Crippen LogP contribution in [0.25, 0.3) is 10.2 Å². The van der Waals surface area contributed by atoms with Gasteiger partial charge < -0.3 is 10.1 Å². The van der Waals surface area contributed by atoms with Gasteiger partial charge in [0.25, 0.3) is 0 Å². The average molecular weight is 332 g/mol. The Morgan fingerprint density at radius 1 is 1.39 bits per heavy atom. The van der Waals surface area contributed by atoms with Crippen molar-refractivity contribution in [2.75, 3.05) is 11.9 Å². The van der Waals surface area contributed by atoms with Gasteiger partial charge in [-0.3, -0.25) is 0 Å². The number of fused-ring (bicyclic) bond motifs is 1. The lowest BCUT2D eigenvalue weighted by Crippen LogP contribution is -2.10. The van der Waals surface area contributed by atoms with Crippen molar-refractivity contribution in [3.05, 3.63) is 41.6 Å². The highest BCUT2D eigenvalue weighted by molar-refractivity contribution is 7.22.